The number of nitrogens with zero attached hydrogens (tertiary/aromatic N) is 2. The topological polar surface area (TPSA) is 49.3 Å². The van der Waals surface area contributed by atoms with Crippen LogP contribution in [0, 0.1) is 0 Å². The first kappa shape index (κ1) is 22.7. The third-order valence-corrected chi connectivity index (χ3v) is 4.40. The van der Waals surface area contributed by atoms with Gasteiger partial charge in [-0.2, -0.15) is 13.2 Å². The van der Waals surface area contributed by atoms with Crippen LogP contribution in [0.25, 0.3) is 0 Å². The highest BCUT2D eigenvalue weighted by Gasteiger charge is 2.30. The van der Waals surface area contributed by atoms with Crippen LogP contribution in [0.3, 0.4) is 0 Å². The van der Waals surface area contributed by atoms with Gasteiger partial charge in [0.05, 0.1) is 29.4 Å². The van der Waals surface area contributed by atoms with E-state index >= 15 is 0 Å². The summed E-state index contributed by atoms with van der Waals surface area (Å²) < 4.78 is 38.3. The minimum atomic E-state index is -4.34. The molecule has 0 atom stereocenters. The zero-order valence-electron chi connectivity index (χ0n) is 14.6. The Morgan fingerprint density at radius 1 is 1.23 bits per heavy atom. The molecule has 0 radical (unpaired) electrons. The van der Waals surface area contributed by atoms with E-state index < -0.39 is 11.7 Å². The zero-order valence-corrected chi connectivity index (χ0v) is 17.7. The van der Waals surface area contributed by atoms with Gasteiger partial charge in [0.15, 0.2) is 5.96 Å². The number of halogens is 4. The zero-order chi connectivity index (χ0) is 18.3. The lowest BCUT2D eigenvalue weighted by Gasteiger charge is -2.11. The van der Waals surface area contributed by atoms with Crippen molar-refractivity contribution in [2.45, 2.75) is 39.5 Å². The smallest absolute Gasteiger partial charge is 0.357 e. The number of guanidine groups is 1. The summed E-state index contributed by atoms with van der Waals surface area (Å²) >= 11 is 1.61. The minimum absolute atomic E-state index is 0. The Morgan fingerprint density at radius 3 is 2.62 bits per heavy atom. The van der Waals surface area contributed by atoms with Crippen LogP contribution in [-0.2, 0) is 25.7 Å². The summed E-state index contributed by atoms with van der Waals surface area (Å²) in [6.45, 7) is 5.32. The van der Waals surface area contributed by atoms with Crippen LogP contribution >= 0.6 is 35.3 Å². The number of rotatable bonds is 6. The molecule has 9 heteroatoms. The van der Waals surface area contributed by atoms with Crippen LogP contribution in [0.4, 0.5) is 13.2 Å². The lowest BCUT2D eigenvalue weighted by atomic mass is 10.1. The van der Waals surface area contributed by atoms with E-state index in [1.807, 2.05) is 12.3 Å². The average molecular weight is 498 g/mol. The van der Waals surface area contributed by atoms with Gasteiger partial charge in [-0.1, -0.05) is 19.1 Å². The summed E-state index contributed by atoms with van der Waals surface area (Å²) in [4.78, 5) is 8.82. The first-order valence-corrected chi connectivity index (χ1v) is 8.92. The van der Waals surface area contributed by atoms with Gasteiger partial charge in [0, 0.05) is 11.9 Å². The summed E-state index contributed by atoms with van der Waals surface area (Å²) in [5.41, 5.74) is 0.771. The van der Waals surface area contributed by atoms with Crippen molar-refractivity contribution in [3.05, 3.63) is 51.5 Å². The summed E-state index contributed by atoms with van der Waals surface area (Å²) in [6, 6.07) is 5.22. The van der Waals surface area contributed by atoms with Crippen LogP contribution in [0.1, 0.15) is 35.7 Å². The van der Waals surface area contributed by atoms with E-state index in [0.29, 0.717) is 24.6 Å². The molecule has 0 aliphatic carbocycles. The van der Waals surface area contributed by atoms with Crippen molar-refractivity contribution in [1.29, 1.82) is 0 Å². The number of thiazole rings is 1. The van der Waals surface area contributed by atoms with E-state index in [-0.39, 0.29) is 30.5 Å². The highest BCUT2D eigenvalue weighted by Crippen LogP contribution is 2.29. The van der Waals surface area contributed by atoms with Crippen molar-refractivity contribution >= 4 is 41.3 Å². The average Bonchev–Trinajstić information content (AvgIpc) is 3.05. The Kier molecular flexibility index (Phi) is 9.34. The third-order valence-electron chi connectivity index (χ3n) is 3.36. The van der Waals surface area contributed by atoms with Crippen molar-refractivity contribution in [3.63, 3.8) is 0 Å². The highest BCUT2D eigenvalue weighted by atomic mass is 127. The molecule has 1 aromatic carbocycles. The van der Waals surface area contributed by atoms with Crippen LogP contribution < -0.4 is 10.6 Å². The predicted octanol–water partition coefficient (Wildman–Crippen LogP) is 4.60. The standard InChI is InChI=1S/C17H21F3N4S.HI/c1-3-15-24-14(11-25-15)10-23-16(21-4-2)22-9-12-6-5-7-13(8-12)17(18,19)20;/h5-8,11H,3-4,9-10H2,1-2H3,(H2,21,22,23);1H. The van der Waals surface area contributed by atoms with Gasteiger partial charge in [-0.25, -0.2) is 9.98 Å². The lowest BCUT2D eigenvalue weighted by molar-refractivity contribution is -0.137. The van der Waals surface area contributed by atoms with Crippen LogP contribution in [0.15, 0.2) is 34.6 Å². The number of hydrogen-bond donors (Lipinski definition) is 2. The van der Waals surface area contributed by atoms with Gasteiger partial charge in [-0.05, 0) is 31.0 Å². The third kappa shape index (κ3) is 7.10. The van der Waals surface area contributed by atoms with Crippen LogP contribution in [0.2, 0.25) is 0 Å². The largest absolute Gasteiger partial charge is 0.416 e. The van der Waals surface area contributed by atoms with E-state index in [0.717, 1.165) is 29.3 Å². The van der Waals surface area contributed by atoms with E-state index in [4.69, 9.17) is 0 Å². The molecule has 0 fully saturated rings. The molecule has 0 aliphatic heterocycles. The van der Waals surface area contributed by atoms with Gasteiger partial charge in [0.1, 0.15) is 0 Å². The van der Waals surface area contributed by atoms with Crippen molar-refractivity contribution in [1.82, 2.24) is 15.6 Å². The van der Waals surface area contributed by atoms with Crippen molar-refractivity contribution in [2.75, 3.05) is 6.54 Å². The molecule has 26 heavy (non-hydrogen) atoms. The summed E-state index contributed by atoms with van der Waals surface area (Å²) in [5, 5.41) is 9.29. The van der Waals surface area contributed by atoms with E-state index in [1.165, 1.54) is 6.07 Å². The van der Waals surface area contributed by atoms with Gasteiger partial charge in [0.2, 0.25) is 0 Å². The minimum Gasteiger partial charge on any atom is -0.357 e. The van der Waals surface area contributed by atoms with Crippen molar-refractivity contribution in [3.8, 4) is 0 Å². The quantitative estimate of drug-likeness (QED) is 0.348. The van der Waals surface area contributed by atoms with E-state index in [2.05, 4.69) is 27.5 Å². The monoisotopic (exact) mass is 498 g/mol. The number of benzene rings is 1. The number of hydrogen-bond acceptors (Lipinski definition) is 3. The lowest BCUT2D eigenvalue weighted by Crippen LogP contribution is -2.36. The Balaban J connectivity index is 0.00000338. The molecule has 0 unspecified atom stereocenters. The fraction of sp³-hybridized carbons (Fsp3) is 0.412. The normalized spacial score (nSPS) is 11.8. The SMILES string of the molecule is CCNC(=NCc1cccc(C(F)(F)F)c1)NCc1csc(CC)n1.I. The van der Waals surface area contributed by atoms with Crippen molar-refractivity contribution < 1.29 is 13.2 Å². The molecule has 0 spiro atoms. The maximum atomic E-state index is 12.8. The predicted molar refractivity (Wildman–Crippen MR) is 110 cm³/mol. The molecule has 0 aliphatic rings. The number of aryl methyl sites for hydroxylation is 1. The second kappa shape index (κ2) is 10.7. The summed E-state index contributed by atoms with van der Waals surface area (Å²) in [7, 11) is 0. The van der Waals surface area contributed by atoms with Gasteiger partial charge in [-0.3, -0.25) is 0 Å². The number of aliphatic imine (C=N–C) groups is 1. The Hall–Kier alpha value is -1.36. The van der Waals surface area contributed by atoms with Gasteiger partial charge >= 0.3 is 6.18 Å². The fourth-order valence-corrected chi connectivity index (χ4v) is 2.87. The summed E-state index contributed by atoms with van der Waals surface area (Å²) in [6.07, 6.45) is -3.45. The molecule has 1 aromatic heterocycles. The maximum Gasteiger partial charge on any atom is 0.416 e. The van der Waals surface area contributed by atoms with E-state index in [1.54, 1.807) is 17.4 Å². The Labute approximate surface area is 172 Å². The molecule has 2 aromatic rings. The van der Waals surface area contributed by atoms with Crippen molar-refractivity contribution in [2.24, 2.45) is 4.99 Å². The van der Waals surface area contributed by atoms with Gasteiger partial charge < -0.3 is 10.6 Å². The molecule has 0 saturated carbocycles. The molecule has 2 N–H and O–H groups in total. The number of aromatic nitrogens is 1. The molecular weight excluding hydrogens is 476 g/mol. The molecule has 2 rings (SSSR count). The number of alkyl halides is 3. The Morgan fingerprint density at radius 2 is 2.00 bits per heavy atom. The van der Waals surface area contributed by atoms with E-state index in [9.17, 15) is 13.2 Å². The fourth-order valence-electron chi connectivity index (χ4n) is 2.12. The van der Waals surface area contributed by atoms with Crippen LogP contribution in [-0.4, -0.2) is 17.5 Å². The summed E-state index contributed by atoms with van der Waals surface area (Å²) in [5.74, 6) is 0.547. The molecule has 144 valence electrons. The molecule has 4 nitrogen and oxygen atoms in total. The molecule has 1 heterocycles. The van der Waals surface area contributed by atoms with Gasteiger partial charge in [0.25, 0.3) is 0 Å². The molecule has 0 bridgehead atoms. The second-order valence-corrected chi connectivity index (χ2v) is 6.28. The van der Waals surface area contributed by atoms with Gasteiger partial charge in [-0.15, -0.1) is 35.3 Å². The first-order chi connectivity index (χ1) is 11.9. The molecule has 0 saturated heterocycles. The Bertz CT molecular complexity index is 716. The molecule has 0 amide bonds. The molecular formula is C17H22F3IN4S. The maximum absolute atomic E-state index is 12.8. The second-order valence-electron chi connectivity index (χ2n) is 5.33. The first-order valence-electron chi connectivity index (χ1n) is 8.04. The highest BCUT2D eigenvalue weighted by molar-refractivity contribution is 14.0. The van der Waals surface area contributed by atoms with Crippen LogP contribution in [0.5, 0.6) is 0 Å². The number of nitrogens with one attached hydrogen (secondary N) is 2.